The molecule has 4 nitrogen and oxygen atoms in total. The van der Waals surface area contributed by atoms with Gasteiger partial charge in [0.25, 0.3) is 0 Å². The summed E-state index contributed by atoms with van der Waals surface area (Å²) < 4.78 is 5.20. The number of pyridine rings is 1. The first-order valence-corrected chi connectivity index (χ1v) is 5.79. The van der Waals surface area contributed by atoms with Gasteiger partial charge in [0.1, 0.15) is 11.6 Å². The zero-order chi connectivity index (χ0) is 12.5. The van der Waals surface area contributed by atoms with Crippen LogP contribution >= 0.6 is 11.6 Å². The van der Waals surface area contributed by atoms with Gasteiger partial charge in [-0.05, 0) is 24.3 Å². The van der Waals surface area contributed by atoms with Crippen LogP contribution in [0.15, 0.2) is 36.7 Å². The van der Waals surface area contributed by atoms with Crippen LogP contribution < -0.4 is 4.74 Å². The molecule has 0 aliphatic carbocycles. The molecule has 0 atom stereocenters. The molecule has 0 aliphatic rings. The molecule has 18 heavy (non-hydrogen) atoms. The molecule has 2 aromatic heterocycles. The summed E-state index contributed by atoms with van der Waals surface area (Å²) in [5.74, 6) is 1.40. The second kappa shape index (κ2) is 4.31. The van der Waals surface area contributed by atoms with Gasteiger partial charge in [0.05, 0.1) is 29.4 Å². The van der Waals surface area contributed by atoms with E-state index < -0.39 is 0 Å². The number of halogens is 1. The summed E-state index contributed by atoms with van der Waals surface area (Å²) in [5.41, 5.74) is 2.71. The van der Waals surface area contributed by atoms with Crippen LogP contribution in [0.4, 0.5) is 0 Å². The first kappa shape index (κ1) is 11.0. The molecule has 5 heteroatoms. The van der Waals surface area contributed by atoms with E-state index in [-0.39, 0.29) is 0 Å². The summed E-state index contributed by atoms with van der Waals surface area (Å²) in [6, 6.07) is 7.41. The minimum atomic E-state index is 0.582. The molecule has 2 heterocycles. The average Bonchev–Trinajstić information content (AvgIpc) is 2.83. The van der Waals surface area contributed by atoms with Crippen molar-refractivity contribution in [3.8, 4) is 17.1 Å². The third-order valence-corrected chi connectivity index (χ3v) is 3.02. The predicted molar refractivity (Wildman–Crippen MR) is 70.9 cm³/mol. The Bertz CT molecular complexity index is 675. The Morgan fingerprint density at radius 1 is 1.28 bits per heavy atom. The smallest absolute Gasteiger partial charge is 0.138 e. The van der Waals surface area contributed by atoms with Crippen LogP contribution in [-0.2, 0) is 0 Å². The van der Waals surface area contributed by atoms with Crippen LogP contribution in [0.5, 0.6) is 5.75 Å². The number of aromatic nitrogens is 3. The molecular weight excluding hydrogens is 250 g/mol. The lowest BCUT2D eigenvalue weighted by atomic mass is 10.2. The average molecular weight is 260 g/mol. The topological polar surface area (TPSA) is 50.8 Å². The van der Waals surface area contributed by atoms with Crippen molar-refractivity contribution in [2.75, 3.05) is 7.11 Å². The van der Waals surface area contributed by atoms with E-state index in [0.717, 1.165) is 22.4 Å². The fourth-order valence-corrected chi connectivity index (χ4v) is 2.00. The van der Waals surface area contributed by atoms with Crippen molar-refractivity contribution in [1.29, 1.82) is 0 Å². The number of hydrogen-bond donors (Lipinski definition) is 1. The molecule has 0 saturated carbocycles. The number of benzene rings is 1. The van der Waals surface area contributed by atoms with Gasteiger partial charge in [-0.1, -0.05) is 11.6 Å². The van der Waals surface area contributed by atoms with Gasteiger partial charge in [0.2, 0.25) is 0 Å². The molecule has 0 radical (unpaired) electrons. The molecule has 0 unspecified atom stereocenters. The van der Waals surface area contributed by atoms with E-state index >= 15 is 0 Å². The van der Waals surface area contributed by atoms with E-state index in [9.17, 15) is 0 Å². The standard InChI is InChI=1S/C13H10ClN3O/c1-18-12-6-8(2-3-9(12)14)13-16-10-4-5-15-7-11(10)17-13/h2-7H,1H3,(H,16,17). The Hall–Kier alpha value is -2.07. The number of imidazole rings is 1. The van der Waals surface area contributed by atoms with E-state index in [1.165, 1.54) is 0 Å². The lowest BCUT2D eigenvalue weighted by molar-refractivity contribution is 0.415. The van der Waals surface area contributed by atoms with E-state index in [0.29, 0.717) is 10.8 Å². The van der Waals surface area contributed by atoms with Crippen molar-refractivity contribution in [3.63, 3.8) is 0 Å². The van der Waals surface area contributed by atoms with Gasteiger partial charge in [-0.3, -0.25) is 4.98 Å². The number of hydrogen-bond acceptors (Lipinski definition) is 3. The maximum atomic E-state index is 6.00. The van der Waals surface area contributed by atoms with Crippen molar-refractivity contribution in [3.05, 3.63) is 41.7 Å². The normalized spacial score (nSPS) is 10.8. The summed E-state index contributed by atoms with van der Waals surface area (Å²) in [5, 5.41) is 0.582. The molecule has 3 aromatic rings. The molecule has 0 fully saturated rings. The summed E-state index contributed by atoms with van der Waals surface area (Å²) in [7, 11) is 1.59. The van der Waals surface area contributed by atoms with Gasteiger partial charge in [-0.15, -0.1) is 0 Å². The highest BCUT2D eigenvalue weighted by Crippen LogP contribution is 2.29. The van der Waals surface area contributed by atoms with Crippen molar-refractivity contribution < 1.29 is 4.74 Å². The van der Waals surface area contributed by atoms with Crippen LogP contribution in [0, 0.1) is 0 Å². The van der Waals surface area contributed by atoms with E-state index in [4.69, 9.17) is 16.3 Å². The Balaban J connectivity index is 2.13. The third-order valence-electron chi connectivity index (χ3n) is 2.71. The van der Waals surface area contributed by atoms with Gasteiger partial charge >= 0.3 is 0 Å². The lowest BCUT2D eigenvalue weighted by Crippen LogP contribution is -1.86. The van der Waals surface area contributed by atoms with Crippen molar-refractivity contribution >= 4 is 22.6 Å². The number of nitrogens with zero attached hydrogens (tertiary/aromatic N) is 2. The van der Waals surface area contributed by atoms with Crippen LogP contribution in [-0.4, -0.2) is 22.1 Å². The Morgan fingerprint density at radius 2 is 2.17 bits per heavy atom. The molecule has 0 spiro atoms. The van der Waals surface area contributed by atoms with Gasteiger partial charge in [0.15, 0.2) is 0 Å². The van der Waals surface area contributed by atoms with E-state index in [1.807, 2.05) is 18.2 Å². The van der Waals surface area contributed by atoms with Gasteiger partial charge in [-0.2, -0.15) is 0 Å². The molecular formula is C13H10ClN3O. The summed E-state index contributed by atoms with van der Waals surface area (Å²) in [6.07, 6.45) is 3.47. The molecule has 0 saturated heterocycles. The Kier molecular flexibility index (Phi) is 2.64. The minimum absolute atomic E-state index is 0.582. The number of fused-ring (bicyclic) bond motifs is 1. The molecule has 0 bridgehead atoms. The van der Waals surface area contributed by atoms with Crippen molar-refractivity contribution in [2.45, 2.75) is 0 Å². The van der Waals surface area contributed by atoms with Crippen LogP contribution in [0.25, 0.3) is 22.4 Å². The monoisotopic (exact) mass is 259 g/mol. The SMILES string of the molecule is COc1cc(-c2nc3ccncc3[nH]2)ccc1Cl. The third kappa shape index (κ3) is 1.80. The van der Waals surface area contributed by atoms with Crippen LogP contribution in [0.2, 0.25) is 5.02 Å². The number of ether oxygens (including phenoxy) is 1. The van der Waals surface area contributed by atoms with Gasteiger partial charge in [-0.25, -0.2) is 4.98 Å². The molecule has 1 aromatic carbocycles. The van der Waals surface area contributed by atoms with Crippen LogP contribution in [0.1, 0.15) is 0 Å². The fourth-order valence-electron chi connectivity index (χ4n) is 1.80. The quantitative estimate of drug-likeness (QED) is 0.768. The molecule has 0 aliphatic heterocycles. The van der Waals surface area contributed by atoms with E-state index in [2.05, 4.69) is 15.0 Å². The molecule has 3 rings (SSSR count). The zero-order valence-corrected chi connectivity index (χ0v) is 10.4. The number of nitrogens with one attached hydrogen (secondary N) is 1. The highest BCUT2D eigenvalue weighted by molar-refractivity contribution is 6.32. The van der Waals surface area contributed by atoms with E-state index in [1.54, 1.807) is 25.6 Å². The van der Waals surface area contributed by atoms with Crippen LogP contribution in [0.3, 0.4) is 0 Å². The Morgan fingerprint density at radius 3 is 2.94 bits per heavy atom. The summed E-state index contributed by atoms with van der Waals surface area (Å²) >= 11 is 6.00. The number of aromatic amines is 1. The largest absolute Gasteiger partial charge is 0.495 e. The lowest BCUT2D eigenvalue weighted by Gasteiger charge is -2.04. The maximum absolute atomic E-state index is 6.00. The first-order valence-electron chi connectivity index (χ1n) is 5.41. The fraction of sp³-hybridized carbons (Fsp3) is 0.0769. The highest BCUT2D eigenvalue weighted by atomic mass is 35.5. The minimum Gasteiger partial charge on any atom is -0.495 e. The van der Waals surface area contributed by atoms with Crippen molar-refractivity contribution in [2.24, 2.45) is 0 Å². The number of H-pyrrole nitrogens is 1. The van der Waals surface area contributed by atoms with Gasteiger partial charge in [0, 0.05) is 11.8 Å². The number of methoxy groups -OCH3 is 1. The second-order valence-electron chi connectivity index (χ2n) is 3.83. The summed E-state index contributed by atoms with van der Waals surface area (Å²) in [6.45, 7) is 0. The predicted octanol–water partition coefficient (Wildman–Crippen LogP) is 3.29. The second-order valence-corrected chi connectivity index (χ2v) is 4.23. The van der Waals surface area contributed by atoms with Crippen molar-refractivity contribution in [1.82, 2.24) is 15.0 Å². The van der Waals surface area contributed by atoms with Gasteiger partial charge < -0.3 is 9.72 Å². The summed E-state index contributed by atoms with van der Waals surface area (Å²) in [4.78, 5) is 11.8. The Labute approximate surface area is 109 Å². The molecule has 90 valence electrons. The number of rotatable bonds is 2. The highest BCUT2D eigenvalue weighted by Gasteiger charge is 2.08. The first-order chi connectivity index (χ1) is 8.78. The zero-order valence-electron chi connectivity index (χ0n) is 9.64. The maximum Gasteiger partial charge on any atom is 0.138 e. The molecule has 1 N–H and O–H groups in total. The molecule has 0 amide bonds.